The predicted octanol–water partition coefficient (Wildman–Crippen LogP) is 2.60. The van der Waals surface area contributed by atoms with E-state index in [2.05, 4.69) is 4.72 Å². The number of amides is 1. The van der Waals surface area contributed by atoms with E-state index in [4.69, 9.17) is 0 Å². The van der Waals surface area contributed by atoms with Gasteiger partial charge in [0.15, 0.2) is 0 Å². The molecule has 130 valence electrons. The van der Waals surface area contributed by atoms with Crippen molar-refractivity contribution in [2.45, 2.75) is 24.2 Å². The van der Waals surface area contributed by atoms with Gasteiger partial charge in [0.2, 0.25) is 5.91 Å². The molecular weight excluding hydrogens is 350 g/mol. The highest BCUT2D eigenvalue weighted by atomic mass is 32.2. The molecule has 0 fully saturated rings. The van der Waals surface area contributed by atoms with Gasteiger partial charge in [0.05, 0.1) is 16.3 Å². The van der Waals surface area contributed by atoms with Crippen LogP contribution in [0.2, 0.25) is 0 Å². The normalized spacial score (nSPS) is 16.1. The molecule has 0 saturated heterocycles. The Balaban J connectivity index is 1.73. The number of carbonyl (C=O) groups excluding carboxylic acids is 1. The van der Waals surface area contributed by atoms with Gasteiger partial charge in [-0.05, 0) is 48.2 Å². The van der Waals surface area contributed by atoms with E-state index in [0.717, 1.165) is 28.9 Å². The van der Waals surface area contributed by atoms with Crippen molar-refractivity contribution in [3.05, 3.63) is 53.1 Å². The number of carbonyl (C=O) groups is 1. The predicted molar refractivity (Wildman–Crippen MR) is 88.0 cm³/mol. The fourth-order valence-electron chi connectivity index (χ4n) is 3.36. The lowest BCUT2D eigenvalue weighted by Crippen LogP contribution is -2.33. The van der Waals surface area contributed by atoms with Gasteiger partial charge in [0.25, 0.3) is 10.0 Å². The minimum atomic E-state index is -4.03. The van der Waals surface area contributed by atoms with Crippen LogP contribution >= 0.6 is 0 Å². The van der Waals surface area contributed by atoms with E-state index in [1.165, 1.54) is 12.1 Å². The number of hydrogen-bond acceptors (Lipinski definition) is 3. The number of aryl methyl sites for hydroxylation is 1. The Morgan fingerprint density at radius 1 is 1.00 bits per heavy atom. The van der Waals surface area contributed by atoms with Crippen molar-refractivity contribution in [3.63, 3.8) is 0 Å². The summed E-state index contributed by atoms with van der Waals surface area (Å²) in [4.78, 5) is 13.6. The lowest BCUT2D eigenvalue weighted by atomic mass is 10.00. The van der Waals surface area contributed by atoms with Gasteiger partial charge in [-0.2, -0.15) is 0 Å². The lowest BCUT2D eigenvalue weighted by molar-refractivity contribution is -0.118. The number of rotatable bonds is 3. The molecule has 0 aromatic heterocycles. The largest absolute Gasteiger partial charge is 0.312 e. The van der Waals surface area contributed by atoms with Crippen LogP contribution in [0.3, 0.4) is 0 Å². The summed E-state index contributed by atoms with van der Waals surface area (Å²) in [6.07, 6.45) is 1.41. The molecule has 2 heterocycles. The highest BCUT2D eigenvalue weighted by Gasteiger charge is 2.33. The van der Waals surface area contributed by atoms with E-state index >= 15 is 0 Å². The van der Waals surface area contributed by atoms with E-state index in [9.17, 15) is 22.0 Å². The summed E-state index contributed by atoms with van der Waals surface area (Å²) in [5, 5.41) is 0. The lowest BCUT2D eigenvalue weighted by Gasteiger charge is -2.25. The van der Waals surface area contributed by atoms with Gasteiger partial charge in [0, 0.05) is 19.0 Å². The van der Waals surface area contributed by atoms with E-state index in [-0.39, 0.29) is 16.5 Å². The maximum absolute atomic E-state index is 13.8. The van der Waals surface area contributed by atoms with Gasteiger partial charge in [-0.15, -0.1) is 0 Å². The first-order valence-corrected chi connectivity index (χ1v) is 9.27. The summed E-state index contributed by atoms with van der Waals surface area (Å²) in [7, 11) is -4.03. The quantitative estimate of drug-likeness (QED) is 0.910. The van der Waals surface area contributed by atoms with Crippen LogP contribution in [0.1, 0.15) is 17.5 Å². The maximum Gasteiger partial charge on any atom is 0.262 e. The molecule has 25 heavy (non-hydrogen) atoms. The summed E-state index contributed by atoms with van der Waals surface area (Å²) >= 11 is 0. The second-order valence-electron chi connectivity index (χ2n) is 6.12. The van der Waals surface area contributed by atoms with Crippen LogP contribution in [0, 0.1) is 11.6 Å². The zero-order valence-corrected chi connectivity index (χ0v) is 13.9. The minimum absolute atomic E-state index is 0.0150. The summed E-state index contributed by atoms with van der Waals surface area (Å²) in [5.74, 6) is -1.72. The Labute approximate surface area is 143 Å². The zero-order valence-electron chi connectivity index (χ0n) is 13.1. The molecule has 0 radical (unpaired) electrons. The van der Waals surface area contributed by atoms with Crippen LogP contribution in [0.5, 0.6) is 0 Å². The standard InChI is InChI=1S/C17H14F2N2O3S/c18-12-2-3-15(14(19)9-12)20-25(23,24)13-7-10-1-4-16(22)21-6-5-11(8-13)17(10)21/h2-3,7-9,20H,1,4-6H2. The first kappa shape index (κ1) is 16.0. The Hall–Kier alpha value is -2.48. The molecule has 0 saturated carbocycles. The number of nitrogens with zero attached hydrogens (tertiary/aromatic N) is 1. The first-order chi connectivity index (χ1) is 11.8. The van der Waals surface area contributed by atoms with Crippen molar-refractivity contribution in [2.75, 3.05) is 16.2 Å². The van der Waals surface area contributed by atoms with Crippen LogP contribution < -0.4 is 9.62 Å². The second kappa shape index (κ2) is 5.52. The number of nitrogens with one attached hydrogen (secondary N) is 1. The van der Waals surface area contributed by atoms with Crippen LogP contribution in [-0.2, 0) is 27.7 Å². The molecule has 2 aliphatic rings. The zero-order chi connectivity index (χ0) is 17.8. The molecule has 1 amide bonds. The van der Waals surface area contributed by atoms with E-state index in [1.54, 1.807) is 4.90 Å². The number of halogens is 2. The third-order valence-corrected chi connectivity index (χ3v) is 5.86. The SMILES string of the molecule is O=C1CCc2cc(S(=O)(=O)Nc3ccc(F)cc3F)cc3c2N1CC3. The molecule has 4 rings (SSSR count). The summed E-state index contributed by atoms with van der Waals surface area (Å²) in [6, 6.07) is 5.68. The molecule has 1 N–H and O–H groups in total. The second-order valence-corrected chi connectivity index (χ2v) is 7.80. The smallest absolute Gasteiger partial charge is 0.262 e. The topological polar surface area (TPSA) is 66.5 Å². The molecule has 0 bridgehead atoms. The summed E-state index contributed by atoms with van der Waals surface area (Å²) in [5.41, 5.74) is 2.09. The fraction of sp³-hybridized carbons (Fsp3) is 0.235. The van der Waals surface area contributed by atoms with Crippen LogP contribution in [0.4, 0.5) is 20.2 Å². The van der Waals surface area contributed by atoms with Crippen LogP contribution in [-0.4, -0.2) is 20.9 Å². The molecule has 0 atom stereocenters. The monoisotopic (exact) mass is 364 g/mol. The summed E-state index contributed by atoms with van der Waals surface area (Å²) < 4.78 is 54.1. The average Bonchev–Trinajstić information content (AvgIpc) is 2.99. The number of anilines is 2. The van der Waals surface area contributed by atoms with Crippen molar-refractivity contribution >= 4 is 27.3 Å². The highest BCUT2D eigenvalue weighted by molar-refractivity contribution is 7.92. The van der Waals surface area contributed by atoms with Crippen molar-refractivity contribution in [3.8, 4) is 0 Å². The van der Waals surface area contributed by atoms with Crippen LogP contribution in [0.15, 0.2) is 35.2 Å². The van der Waals surface area contributed by atoms with E-state index in [1.807, 2.05) is 0 Å². The molecule has 0 spiro atoms. The molecule has 2 aromatic rings. The Morgan fingerprint density at radius 2 is 1.72 bits per heavy atom. The van der Waals surface area contributed by atoms with Crippen molar-refractivity contribution in [1.82, 2.24) is 0 Å². The Morgan fingerprint density at radius 3 is 2.44 bits per heavy atom. The molecule has 0 aliphatic carbocycles. The third kappa shape index (κ3) is 2.66. The summed E-state index contributed by atoms with van der Waals surface area (Å²) in [6.45, 7) is 0.546. The minimum Gasteiger partial charge on any atom is -0.312 e. The third-order valence-electron chi connectivity index (χ3n) is 4.51. The van der Waals surface area contributed by atoms with E-state index < -0.39 is 21.7 Å². The molecular formula is C17H14F2N2O3S. The molecule has 0 unspecified atom stereocenters. The molecule has 5 nitrogen and oxygen atoms in total. The van der Waals surface area contributed by atoms with E-state index in [0.29, 0.717) is 31.9 Å². The number of sulfonamides is 1. The van der Waals surface area contributed by atoms with Crippen molar-refractivity contribution in [2.24, 2.45) is 0 Å². The first-order valence-electron chi connectivity index (χ1n) is 7.79. The van der Waals surface area contributed by atoms with Gasteiger partial charge in [0.1, 0.15) is 11.6 Å². The highest BCUT2D eigenvalue weighted by Crippen LogP contribution is 2.38. The van der Waals surface area contributed by atoms with Gasteiger partial charge >= 0.3 is 0 Å². The maximum atomic E-state index is 13.8. The molecule has 2 aliphatic heterocycles. The Kier molecular flexibility index (Phi) is 3.54. The van der Waals surface area contributed by atoms with Gasteiger partial charge in [-0.3, -0.25) is 9.52 Å². The van der Waals surface area contributed by atoms with Crippen LogP contribution in [0.25, 0.3) is 0 Å². The molecule has 2 aromatic carbocycles. The number of hydrogen-bond donors (Lipinski definition) is 1. The van der Waals surface area contributed by atoms with Crippen molar-refractivity contribution in [1.29, 1.82) is 0 Å². The van der Waals surface area contributed by atoms with Crippen molar-refractivity contribution < 1.29 is 22.0 Å². The average molecular weight is 364 g/mol. The van der Waals surface area contributed by atoms with Gasteiger partial charge in [-0.25, -0.2) is 17.2 Å². The van der Waals surface area contributed by atoms with Gasteiger partial charge < -0.3 is 4.90 Å². The Bertz CT molecular complexity index is 1010. The number of benzene rings is 2. The fourth-order valence-corrected chi connectivity index (χ4v) is 4.52. The van der Waals surface area contributed by atoms with Gasteiger partial charge in [-0.1, -0.05) is 0 Å². The molecule has 8 heteroatoms.